The van der Waals surface area contributed by atoms with Crippen LogP contribution in [-0.4, -0.2) is 32.1 Å². The molecule has 0 radical (unpaired) electrons. The van der Waals surface area contributed by atoms with Crippen LogP contribution in [0.15, 0.2) is 66.7 Å². The molecule has 1 heterocycles. The molecule has 1 aromatic heterocycles. The lowest BCUT2D eigenvalue weighted by molar-refractivity contribution is 0.0686. The quantitative estimate of drug-likeness (QED) is 0.530. The largest absolute Gasteiger partial charge is 0.478 e. The van der Waals surface area contributed by atoms with Crippen LogP contribution in [0.2, 0.25) is 0 Å². The average Bonchev–Trinajstić information content (AvgIpc) is 2.73. The highest BCUT2D eigenvalue weighted by Crippen LogP contribution is 2.32. The van der Waals surface area contributed by atoms with Crippen LogP contribution in [0.5, 0.6) is 0 Å². The average molecular weight is 384 g/mol. The molecule has 0 bridgehead atoms. The van der Waals surface area contributed by atoms with E-state index >= 15 is 0 Å². The maximum absolute atomic E-state index is 11.2. The van der Waals surface area contributed by atoms with E-state index in [0.717, 1.165) is 27.7 Å². The van der Waals surface area contributed by atoms with Gasteiger partial charge in [-0.25, -0.2) is 19.6 Å². The zero-order chi connectivity index (χ0) is 20.5. The molecule has 0 aliphatic heterocycles. The van der Waals surface area contributed by atoms with E-state index in [9.17, 15) is 9.59 Å². The third-order valence-corrected chi connectivity index (χ3v) is 4.71. The lowest BCUT2D eigenvalue weighted by atomic mass is 10.0. The number of carboxylic acid groups (broad SMARTS) is 2. The number of rotatable bonds is 4. The third kappa shape index (κ3) is 3.43. The van der Waals surface area contributed by atoms with Gasteiger partial charge in [0.15, 0.2) is 0 Å². The van der Waals surface area contributed by atoms with Crippen molar-refractivity contribution in [3.63, 3.8) is 0 Å². The van der Waals surface area contributed by atoms with E-state index < -0.39 is 11.9 Å². The van der Waals surface area contributed by atoms with Gasteiger partial charge in [0.05, 0.1) is 33.5 Å². The summed E-state index contributed by atoms with van der Waals surface area (Å²) in [6.45, 7) is 1.95. The van der Waals surface area contributed by atoms with Crippen LogP contribution in [0.3, 0.4) is 0 Å². The molecule has 0 atom stereocenters. The number of hydrogen-bond acceptors (Lipinski definition) is 4. The number of fused-ring (bicyclic) bond motifs is 1. The van der Waals surface area contributed by atoms with Gasteiger partial charge in [-0.1, -0.05) is 36.4 Å². The SMILES string of the molecule is Cc1cccc2nc(-c3ccc(C(=O)O)cc3)c(-c3ccc(C(=O)O)cc3)nc12. The number of aromatic carboxylic acids is 2. The highest BCUT2D eigenvalue weighted by atomic mass is 16.4. The molecule has 0 fully saturated rings. The molecule has 29 heavy (non-hydrogen) atoms. The van der Waals surface area contributed by atoms with E-state index in [0.29, 0.717) is 11.4 Å². The number of carbonyl (C=O) groups is 2. The number of nitrogens with zero attached hydrogens (tertiary/aromatic N) is 2. The summed E-state index contributed by atoms with van der Waals surface area (Å²) in [6.07, 6.45) is 0. The Hall–Kier alpha value is -4.06. The van der Waals surface area contributed by atoms with E-state index in [4.69, 9.17) is 20.2 Å². The molecule has 0 spiro atoms. The van der Waals surface area contributed by atoms with Crippen molar-refractivity contribution in [3.05, 3.63) is 83.4 Å². The molecule has 2 N–H and O–H groups in total. The Morgan fingerprint density at radius 3 is 1.66 bits per heavy atom. The number of hydrogen-bond donors (Lipinski definition) is 2. The Morgan fingerprint density at radius 1 is 0.690 bits per heavy atom. The Bertz CT molecular complexity index is 1250. The maximum Gasteiger partial charge on any atom is 0.335 e. The van der Waals surface area contributed by atoms with Crippen molar-refractivity contribution in [3.8, 4) is 22.5 Å². The monoisotopic (exact) mass is 384 g/mol. The Labute approximate surface area is 166 Å². The molecular formula is C23H16N2O4. The number of para-hydroxylation sites is 1. The molecule has 0 saturated carbocycles. The maximum atomic E-state index is 11.2. The molecule has 6 nitrogen and oxygen atoms in total. The first-order valence-electron chi connectivity index (χ1n) is 8.89. The zero-order valence-electron chi connectivity index (χ0n) is 15.5. The van der Waals surface area contributed by atoms with Gasteiger partial charge in [0.2, 0.25) is 0 Å². The smallest absolute Gasteiger partial charge is 0.335 e. The minimum atomic E-state index is -0.999. The van der Waals surface area contributed by atoms with Crippen LogP contribution in [0.4, 0.5) is 0 Å². The van der Waals surface area contributed by atoms with E-state index in [1.165, 1.54) is 24.3 Å². The summed E-state index contributed by atoms with van der Waals surface area (Å²) in [5, 5.41) is 18.3. The summed E-state index contributed by atoms with van der Waals surface area (Å²) < 4.78 is 0. The van der Waals surface area contributed by atoms with E-state index in [-0.39, 0.29) is 11.1 Å². The van der Waals surface area contributed by atoms with Crippen molar-refractivity contribution in [1.82, 2.24) is 9.97 Å². The lowest BCUT2D eigenvalue weighted by Gasteiger charge is -2.12. The Morgan fingerprint density at radius 2 is 1.17 bits per heavy atom. The second kappa shape index (κ2) is 7.16. The van der Waals surface area contributed by atoms with Gasteiger partial charge in [-0.15, -0.1) is 0 Å². The van der Waals surface area contributed by atoms with Crippen LogP contribution in [0.25, 0.3) is 33.5 Å². The summed E-state index contributed by atoms with van der Waals surface area (Å²) in [4.78, 5) is 31.9. The fourth-order valence-corrected chi connectivity index (χ4v) is 3.16. The van der Waals surface area contributed by atoms with Crippen LogP contribution in [-0.2, 0) is 0 Å². The summed E-state index contributed by atoms with van der Waals surface area (Å²) in [5.74, 6) is -2.00. The standard InChI is InChI=1S/C23H16N2O4/c1-13-3-2-4-18-19(13)25-21(15-7-11-17(12-8-15)23(28)29)20(24-18)14-5-9-16(10-6-14)22(26)27/h2-12H,1H3,(H,26,27)(H,28,29). The molecule has 0 amide bonds. The fourth-order valence-electron chi connectivity index (χ4n) is 3.16. The normalized spacial score (nSPS) is 10.8. The topological polar surface area (TPSA) is 100 Å². The van der Waals surface area contributed by atoms with E-state index in [2.05, 4.69) is 0 Å². The van der Waals surface area contributed by atoms with Crippen LogP contribution < -0.4 is 0 Å². The second-order valence-electron chi connectivity index (χ2n) is 6.63. The highest BCUT2D eigenvalue weighted by molar-refractivity contribution is 5.92. The summed E-state index contributed by atoms with van der Waals surface area (Å²) in [7, 11) is 0. The van der Waals surface area contributed by atoms with Crippen molar-refractivity contribution >= 4 is 23.0 Å². The van der Waals surface area contributed by atoms with Crippen LogP contribution >= 0.6 is 0 Å². The van der Waals surface area contributed by atoms with Gasteiger partial charge in [-0.05, 0) is 42.8 Å². The second-order valence-corrected chi connectivity index (χ2v) is 6.63. The number of aryl methyl sites for hydroxylation is 1. The Balaban J connectivity index is 1.95. The first kappa shape index (κ1) is 18.3. The zero-order valence-corrected chi connectivity index (χ0v) is 15.5. The predicted octanol–water partition coefficient (Wildman–Crippen LogP) is 4.67. The van der Waals surface area contributed by atoms with E-state index in [1.807, 2.05) is 25.1 Å². The van der Waals surface area contributed by atoms with Gasteiger partial charge in [0, 0.05) is 11.1 Å². The number of carboxylic acids is 2. The lowest BCUT2D eigenvalue weighted by Crippen LogP contribution is -1.99. The number of benzene rings is 3. The molecule has 0 saturated heterocycles. The van der Waals surface area contributed by atoms with Crippen molar-refractivity contribution in [1.29, 1.82) is 0 Å². The summed E-state index contributed by atoms with van der Waals surface area (Å²) in [6, 6.07) is 18.6. The number of aromatic nitrogens is 2. The molecule has 142 valence electrons. The molecule has 0 aliphatic rings. The summed E-state index contributed by atoms with van der Waals surface area (Å²) in [5.41, 5.74) is 5.50. The van der Waals surface area contributed by atoms with Crippen molar-refractivity contribution in [2.45, 2.75) is 6.92 Å². The van der Waals surface area contributed by atoms with Gasteiger partial charge in [-0.3, -0.25) is 0 Å². The van der Waals surface area contributed by atoms with Crippen LogP contribution in [0, 0.1) is 6.92 Å². The third-order valence-electron chi connectivity index (χ3n) is 4.71. The van der Waals surface area contributed by atoms with Crippen LogP contribution in [0.1, 0.15) is 26.3 Å². The highest BCUT2D eigenvalue weighted by Gasteiger charge is 2.15. The fraction of sp³-hybridized carbons (Fsp3) is 0.0435. The molecule has 4 rings (SSSR count). The van der Waals surface area contributed by atoms with Gasteiger partial charge in [-0.2, -0.15) is 0 Å². The van der Waals surface area contributed by atoms with Crippen molar-refractivity contribution in [2.24, 2.45) is 0 Å². The van der Waals surface area contributed by atoms with Gasteiger partial charge in [0.25, 0.3) is 0 Å². The van der Waals surface area contributed by atoms with Crippen molar-refractivity contribution < 1.29 is 19.8 Å². The van der Waals surface area contributed by atoms with Crippen molar-refractivity contribution in [2.75, 3.05) is 0 Å². The molecule has 4 aromatic rings. The predicted molar refractivity (Wildman–Crippen MR) is 109 cm³/mol. The Kier molecular flexibility index (Phi) is 4.52. The van der Waals surface area contributed by atoms with Gasteiger partial charge in [0.1, 0.15) is 0 Å². The molecule has 0 unspecified atom stereocenters. The summed E-state index contributed by atoms with van der Waals surface area (Å²) >= 11 is 0. The first-order chi connectivity index (χ1) is 13.9. The molecule has 6 heteroatoms. The van der Waals surface area contributed by atoms with Gasteiger partial charge >= 0.3 is 11.9 Å². The molecule has 3 aromatic carbocycles. The minimum absolute atomic E-state index is 0.186. The molecular weight excluding hydrogens is 368 g/mol. The van der Waals surface area contributed by atoms with E-state index in [1.54, 1.807) is 24.3 Å². The molecule has 0 aliphatic carbocycles. The minimum Gasteiger partial charge on any atom is -0.478 e. The van der Waals surface area contributed by atoms with Gasteiger partial charge < -0.3 is 10.2 Å². The first-order valence-corrected chi connectivity index (χ1v) is 8.89.